The van der Waals surface area contributed by atoms with Gasteiger partial charge in [-0.05, 0) is 42.8 Å². The normalized spacial score (nSPS) is 12.7. The number of hydrogen-bond acceptors (Lipinski definition) is 4. The molecular formula is C16H16F2N2O4S. The molecule has 0 bridgehead atoms. The quantitative estimate of drug-likeness (QED) is 0.816. The van der Waals surface area contributed by atoms with Gasteiger partial charge < -0.3 is 10.1 Å². The number of carbonyl (C=O) groups excluding carboxylic acids is 1. The molecule has 0 saturated carbocycles. The molecule has 25 heavy (non-hydrogen) atoms. The van der Waals surface area contributed by atoms with E-state index >= 15 is 0 Å². The number of alkyl halides is 2. The number of carbonyl (C=O) groups is 1. The van der Waals surface area contributed by atoms with Crippen LogP contribution in [0, 0.1) is 0 Å². The molecular weight excluding hydrogens is 354 g/mol. The van der Waals surface area contributed by atoms with Crippen LogP contribution in [0.2, 0.25) is 0 Å². The average Bonchev–Trinajstić information content (AvgIpc) is 2.53. The molecule has 0 unspecified atom stereocenters. The van der Waals surface area contributed by atoms with Crippen molar-refractivity contribution in [1.82, 2.24) is 5.32 Å². The van der Waals surface area contributed by atoms with E-state index in [-0.39, 0.29) is 16.2 Å². The Morgan fingerprint density at radius 3 is 2.36 bits per heavy atom. The van der Waals surface area contributed by atoms with E-state index in [1.54, 1.807) is 6.92 Å². The number of nitrogens with one attached hydrogen (secondary N) is 1. The van der Waals surface area contributed by atoms with Crippen LogP contribution < -0.4 is 15.2 Å². The van der Waals surface area contributed by atoms with Gasteiger partial charge in [-0.1, -0.05) is 18.2 Å². The van der Waals surface area contributed by atoms with Gasteiger partial charge in [0.2, 0.25) is 10.0 Å². The topological polar surface area (TPSA) is 98.5 Å². The Hall–Kier alpha value is -2.52. The molecule has 1 atom stereocenters. The van der Waals surface area contributed by atoms with E-state index in [1.807, 2.05) is 0 Å². The summed E-state index contributed by atoms with van der Waals surface area (Å²) in [6.45, 7) is -1.28. The molecule has 9 heteroatoms. The summed E-state index contributed by atoms with van der Waals surface area (Å²) in [5.41, 5.74) is 0.812. The van der Waals surface area contributed by atoms with E-state index in [4.69, 9.17) is 5.14 Å². The van der Waals surface area contributed by atoms with Gasteiger partial charge in [0, 0.05) is 5.56 Å². The van der Waals surface area contributed by atoms with Gasteiger partial charge in [0.25, 0.3) is 5.91 Å². The van der Waals surface area contributed by atoms with Crippen LogP contribution in [0.4, 0.5) is 8.78 Å². The van der Waals surface area contributed by atoms with Crippen molar-refractivity contribution in [3.05, 3.63) is 59.7 Å². The van der Waals surface area contributed by atoms with Crippen molar-refractivity contribution in [2.75, 3.05) is 0 Å². The average molecular weight is 370 g/mol. The largest absolute Gasteiger partial charge is 0.435 e. The third-order valence-electron chi connectivity index (χ3n) is 3.38. The highest BCUT2D eigenvalue weighted by molar-refractivity contribution is 7.89. The van der Waals surface area contributed by atoms with Crippen LogP contribution in [-0.4, -0.2) is 20.9 Å². The first-order chi connectivity index (χ1) is 11.7. The number of amides is 1. The molecule has 2 rings (SSSR count). The molecule has 0 aromatic heterocycles. The molecule has 0 spiro atoms. The molecule has 134 valence electrons. The first kappa shape index (κ1) is 18.8. The van der Waals surface area contributed by atoms with Crippen LogP contribution in [0.15, 0.2) is 53.4 Å². The van der Waals surface area contributed by atoms with Crippen LogP contribution in [0.25, 0.3) is 0 Å². The van der Waals surface area contributed by atoms with E-state index in [0.29, 0.717) is 5.56 Å². The highest BCUT2D eigenvalue weighted by atomic mass is 32.2. The maximum absolute atomic E-state index is 12.2. The van der Waals surface area contributed by atoms with E-state index < -0.39 is 28.6 Å². The Bertz CT molecular complexity index is 855. The number of benzene rings is 2. The number of hydrogen-bond donors (Lipinski definition) is 2. The van der Waals surface area contributed by atoms with Crippen molar-refractivity contribution < 1.29 is 26.7 Å². The summed E-state index contributed by atoms with van der Waals surface area (Å²) in [6, 6.07) is 10.7. The number of ether oxygens (including phenoxy) is 1. The summed E-state index contributed by atoms with van der Waals surface area (Å²) < 4.78 is 51.2. The predicted octanol–water partition coefficient (Wildman–Crippen LogP) is 2.43. The van der Waals surface area contributed by atoms with Crippen LogP contribution >= 0.6 is 0 Å². The van der Waals surface area contributed by atoms with Gasteiger partial charge in [-0.25, -0.2) is 13.6 Å². The third-order valence-corrected chi connectivity index (χ3v) is 4.31. The van der Waals surface area contributed by atoms with Crippen molar-refractivity contribution in [1.29, 1.82) is 0 Å². The summed E-state index contributed by atoms with van der Waals surface area (Å²) >= 11 is 0. The van der Waals surface area contributed by atoms with Crippen LogP contribution in [0.1, 0.15) is 28.9 Å². The number of rotatable bonds is 6. The number of sulfonamides is 1. The molecule has 0 radical (unpaired) electrons. The Morgan fingerprint density at radius 2 is 1.80 bits per heavy atom. The number of nitrogens with two attached hydrogens (primary N) is 1. The third kappa shape index (κ3) is 5.23. The molecule has 0 aliphatic rings. The zero-order valence-electron chi connectivity index (χ0n) is 13.1. The molecule has 0 saturated heterocycles. The molecule has 0 aliphatic carbocycles. The Labute approximate surface area is 143 Å². The summed E-state index contributed by atoms with van der Waals surface area (Å²) in [6.07, 6.45) is 0. The monoisotopic (exact) mass is 370 g/mol. The smallest absolute Gasteiger partial charge is 0.387 e. The molecule has 2 aromatic rings. The minimum atomic E-state index is -3.79. The molecule has 0 fully saturated rings. The van der Waals surface area contributed by atoms with Gasteiger partial charge in [-0.2, -0.15) is 8.78 Å². The summed E-state index contributed by atoms with van der Waals surface area (Å²) in [5.74, 6) is -0.601. The highest BCUT2D eigenvalue weighted by Gasteiger charge is 2.14. The first-order valence-electron chi connectivity index (χ1n) is 7.15. The molecule has 1 amide bonds. The fourth-order valence-electron chi connectivity index (χ4n) is 2.12. The molecule has 0 heterocycles. The second kappa shape index (κ2) is 7.58. The minimum absolute atomic E-state index is 0.0355. The summed E-state index contributed by atoms with van der Waals surface area (Å²) in [5, 5.41) is 7.71. The Kier molecular flexibility index (Phi) is 5.70. The number of primary sulfonamides is 1. The van der Waals surface area contributed by atoms with E-state index in [1.165, 1.54) is 48.5 Å². The van der Waals surface area contributed by atoms with Crippen molar-refractivity contribution in [3.63, 3.8) is 0 Å². The lowest BCUT2D eigenvalue weighted by molar-refractivity contribution is -0.0498. The second-order valence-corrected chi connectivity index (χ2v) is 6.78. The lowest BCUT2D eigenvalue weighted by Crippen LogP contribution is -2.26. The Balaban J connectivity index is 2.09. The van der Waals surface area contributed by atoms with E-state index in [2.05, 4.69) is 10.1 Å². The van der Waals surface area contributed by atoms with Crippen molar-refractivity contribution in [3.8, 4) is 5.75 Å². The molecule has 2 aromatic carbocycles. The van der Waals surface area contributed by atoms with Gasteiger partial charge in [0.05, 0.1) is 10.9 Å². The van der Waals surface area contributed by atoms with Crippen LogP contribution in [0.3, 0.4) is 0 Å². The van der Waals surface area contributed by atoms with Gasteiger partial charge in [-0.15, -0.1) is 0 Å². The maximum atomic E-state index is 12.2. The molecule has 6 nitrogen and oxygen atoms in total. The zero-order chi connectivity index (χ0) is 18.6. The highest BCUT2D eigenvalue weighted by Crippen LogP contribution is 2.19. The van der Waals surface area contributed by atoms with E-state index in [9.17, 15) is 22.0 Å². The van der Waals surface area contributed by atoms with Crippen LogP contribution in [-0.2, 0) is 10.0 Å². The molecule has 0 aliphatic heterocycles. The SMILES string of the molecule is C[C@H](NC(=O)c1cccc(OC(F)F)c1)c1ccc(S(N)(=O)=O)cc1. The summed E-state index contributed by atoms with van der Waals surface area (Å²) in [4.78, 5) is 12.2. The lowest BCUT2D eigenvalue weighted by atomic mass is 10.1. The van der Waals surface area contributed by atoms with Crippen molar-refractivity contribution >= 4 is 15.9 Å². The van der Waals surface area contributed by atoms with Gasteiger partial charge in [-0.3, -0.25) is 4.79 Å². The zero-order valence-corrected chi connectivity index (χ0v) is 14.0. The standard InChI is InChI=1S/C16H16F2N2O4S/c1-10(11-5-7-14(8-6-11)25(19,22)23)20-15(21)12-3-2-4-13(9-12)24-16(17)18/h2-10,16H,1H3,(H,20,21)(H2,19,22,23)/t10-/m0/s1. The second-order valence-electron chi connectivity index (χ2n) is 5.22. The van der Waals surface area contributed by atoms with Gasteiger partial charge >= 0.3 is 6.61 Å². The molecule has 3 N–H and O–H groups in total. The van der Waals surface area contributed by atoms with Gasteiger partial charge in [0.1, 0.15) is 5.75 Å². The van der Waals surface area contributed by atoms with Crippen LogP contribution in [0.5, 0.6) is 5.75 Å². The van der Waals surface area contributed by atoms with Crippen molar-refractivity contribution in [2.24, 2.45) is 5.14 Å². The predicted molar refractivity (Wildman–Crippen MR) is 86.8 cm³/mol. The van der Waals surface area contributed by atoms with Gasteiger partial charge in [0.15, 0.2) is 0 Å². The minimum Gasteiger partial charge on any atom is -0.435 e. The number of halogens is 2. The fraction of sp³-hybridized carbons (Fsp3) is 0.188. The van der Waals surface area contributed by atoms with Crippen molar-refractivity contribution in [2.45, 2.75) is 24.5 Å². The van der Waals surface area contributed by atoms with E-state index in [0.717, 1.165) is 0 Å². The fourth-order valence-corrected chi connectivity index (χ4v) is 2.64. The Morgan fingerprint density at radius 1 is 1.16 bits per heavy atom. The summed E-state index contributed by atoms with van der Waals surface area (Å²) in [7, 11) is -3.79. The first-order valence-corrected chi connectivity index (χ1v) is 8.70. The lowest BCUT2D eigenvalue weighted by Gasteiger charge is -2.15. The maximum Gasteiger partial charge on any atom is 0.387 e.